The van der Waals surface area contributed by atoms with E-state index in [1.165, 1.54) is 16.3 Å². The summed E-state index contributed by atoms with van der Waals surface area (Å²) in [4.78, 5) is 6.72. The highest BCUT2D eigenvalue weighted by atomic mass is 16.5. The van der Waals surface area contributed by atoms with Crippen LogP contribution in [0.4, 0.5) is 0 Å². The zero-order valence-corrected chi connectivity index (χ0v) is 15.1. The fraction of sp³-hybridized carbons (Fsp3) is 0.400. The maximum atomic E-state index is 6.02. The first kappa shape index (κ1) is 17.0. The molecule has 6 nitrogen and oxygen atoms in total. The molecular weight excluding hydrogens is 330 g/mol. The number of hydrogen-bond donors (Lipinski definition) is 0. The average molecular weight is 353 g/mol. The molecule has 0 aliphatic carbocycles. The van der Waals surface area contributed by atoms with E-state index in [0.717, 1.165) is 31.1 Å². The zero-order valence-electron chi connectivity index (χ0n) is 15.1. The predicted molar refractivity (Wildman–Crippen MR) is 98.1 cm³/mol. The highest BCUT2D eigenvalue weighted by Crippen LogP contribution is 2.28. The van der Waals surface area contributed by atoms with Crippen molar-refractivity contribution in [2.45, 2.75) is 26.0 Å². The van der Waals surface area contributed by atoms with E-state index in [1.807, 2.05) is 13.0 Å². The molecule has 0 spiro atoms. The smallest absolute Gasteiger partial charge is 0.226 e. The van der Waals surface area contributed by atoms with Crippen molar-refractivity contribution in [1.29, 1.82) is 0 Å². The molecule has 1 aliphatic heterocycles. The summed E-state index contributed by atoms with van der Waals surface area (Å²) in [6.45, 7) is 5.09. The summed E-state index contributed by atoms with van der Waals surface area (Å²) in [6, 6.07) is 12.6. The Bertz CT molecular complexity index is 893. The molecule has 0 saturated carbocycles. The second kappa shape index (κ2) is 7.43. The molecule has 1 saturated heterocycles. The monoisotopic (exact) mass is 353 g/mol. The summed E-state index contributed by atoms with van der Waals surface area (Å²) in [5.41, 5.74) is 1.19. The fourth-order valence-corrected chi connectivity index (χ4v) is 3.32. The number of nitrogens with zero attached hydrogens (tertiary/aromatic N) is 3. The van der Waals surface area contributed by atoms with Gasteiger partial charge in [-0.2, -0.15) is 4.98 Å². The Balaban J connectivity index is 1.49. The van der Waals surface area contributed by atoms with Crippen LogP contribution in [-0.4, -0.2) is 41.8 Å². The number of hydrogen-bond acceptors (Lipinski definition) is 6. The summed E-state index contributed by atoms with van der Waals surface area (Å²) >= 11 is 0. The van der Waals surface area contributed by atoms with E-state index in [0.29, 0.717) is 19.0 Å². The number of aryl methyl sites for hydroxylation is 1. The van der Waals surface area contributed by atoms with Crippen LogP contribution in [0, 0.1) is 0 Å². The SMILES string of the molecule is CCc1nc(CN2CCO[C@H](c3ccc4cc(OC)ccc4c3)C2)no1. The standard InChI is InChI=1S/C20H23N3O3/c1-3-20-21-19(22-26-20)13-23-8-9-25-18(12-23)16-5-4-15-11-17(24-2)7-6-14(15)10-16/h4-7,10-11,18H,3,8-9,12-13H2,1-2H3/t18-/m0/s1. The lowest BCUT2D eigenvalue weighted by atomic mass is 10.0. The molecule has 0 radical (unpaired) electrons. The van der Waals surface area contributed by atoms with Gasteiger partial charge in [0.05, 0.1) is 26.4 Å². The number of aromatic nitrogens is 2. The van der Waals surface area contributed by atoms with Crippen LogP contribution in [0.5, 0.6) is 5.75 Å². The molecule has 6 heteroatoms. The van der Waals surface area contributed by atoms with Crippen molar-refractivity contribution < 1.29 is 14.0 Å². The largest absolute Gasteiger partial charge is 0.497 e. The molecule has 1 fully saturated rings. The summed E-state index contributed by atoms with van der Waals surface area (Å²) < 4.78 is 16.5. The van der Waals surface area contributed by atoms with E-state index in [4.69, 9.17) is 14.0 Å². The van der Waals surface area contributed by atoms with Gasteiger partial charge < -0.3 is 14.0 Å². The first-order chi connectivity index (χ1) is 12.7. The van der Waals surface area contributed by atoms with Crippen molar-refractivity contribution in [3.8, 4) is 5.75 Å². The summed E-state index contributed by atoms with van der Waals surface area (Å²) in [6.07, 6.45) is 0.813. The van der Waals surface area contributed by atoms with Crippen LogP contribution >= 0.6 is 0 Å². The van der Waals surface area contributed by atoms with E-state index in [-0.39, 0.29) is 6.10 Å². The van der Waals surface area contributed by atoms with Gasteiger partial charge in [-0.1, -0.05) is 30.3 Å². The normalized spacial score (nSPS) is 18.3. The van der Waals surface area contributed by atoms with Crippen LogP contribution in [0.25, 0.3) is 10.8 Å². The number of fused-ring (bicyclic) bond motifs is 1. The van der Waals surface area contributed by atoms with Gasteiger partial charge in [-0.25, -0.2) is 0 Å². The molecule has 1 atom stereocenters. The van der Waals surface area contributed by atoms with E-state index in [1.54, 1.807) is 7.11 Å². The molecule has 136 valence electrons. The van der Waals surface area contributed by atoms with E-state index < -0.39 is 0 Å². The minimum absolute atomic E-state index is 0.0489. The summed E-state index contributed by atoms with van der Waals surface area (Å²) in [5.74, 6) is 2.31. The predicted octanol–water partition coefficient (Wildman–Crippen LogP) is 3.37. The number of morpholine rings is 1. The highest BCUT2D eigenvalue weighted by molar-refractivity contribution is 5.84. The van der Waals surface area contributed by atoms with Gasteiger partial charge in [0.2, 0.25) is 5.89 Å². The van der Waals surface area contributed by atoms with Gasteiger partial charge >= 0.3 is 0 Å². The van der Waals surface area contributed by atoms with E-state index in [9.17, 15) is 0 Å². The Kier molecular flexibility index (Phi) is 4.86. The molecule has 3 aromatic rings. The molecule has 2 aromatic carbocycles. The second-order valence-electron chi connectivity index (χ2n) is 6.52. The molecule has 1 aliphatic rings. The van der Waals surface area contributed by atoms with Gasteiger partial charge in [0.1, 0.15) is 5.75 Å². The van der Waals surface area contributed by atoms with Crippen molar-refractivity contribution in [3.05, 3.63) is 53.7 Å². The summed E-state index contributed by atoms with van der Waals surface area (Å²) in [7, 11) is 1.69. The lowest BCUT2D eigenvalue weighted by Crippen LogP contribution is -2.38. The number of rotatable bonds is 5. The van der Waals surface area contributed by atoms with Crippen LogP contribution in [0.1, 0.15) is 30.3 Å². The van der Waals surface area contributed by atoms with Gasteiger partial charge in [-0.05, 0) is 34.5 Å². The lowest BCUT2D eigenvalue weighted by Gasteiger charge is -2.32. The van der Waals surface area contributed by atoms with Crippen molar-refractivity contribution in [2.75, 3.05) is 26.8 Å². The maximum absolute atomic E-state index is 6.02. The third-order valence-electron chi connectivity index (χ3n) is 4.77. The first-order valence-corrected chi connectivity index (χ1v) is 8.98. The number of benzene rings is 2. The Morgan fingerprint density at radius 2 is 2.04 bits per heavy atom. The van der Waals surface area contributed by atoms with E-state index in [2.05, 4.69) is 45.4 Å². The molecule has 0 bridgehead atoms. The zero-order chi connectivity index (χ0) is 17.9. The van der Waals surface area contributed by atoms with Crippen LogP contribution in [0.2, 0.25) is 0 Å². The quantitative estimate of drug-likeness (QED) is 0.701. The van der Waals surface area contributed by atoms with Crippen molar-refractivity contribution in [3.63, 3.8) is 0 Å². The third kappa shape index (κ3) is 3.57. The van der Waals surface area contributed by atoms with Gasteiger partial charge in [0, 0.05) is 19.5 Å². The molecule has 0 N–H and O–H groups in total. The fourth-order valence-electron chi connectivity index (χ4n) is 3.32. The minimum atomic E-state index is 0.0489. The average Bonchev–Trinajstić information content (AvgIpc) is 3.15. The Hall–Kier alpha value is -2.44. The van der Waals surface area contributed by atoms with Gasteiger partial charge in [-0.3, -0.25) is 4.90 Å². The summed E-state index contributed by atoms with van der Waals surface area (Å²) in [5, 5.41) is 6.41. The molecule has 0 unspecified atom stereocenters. The second-order valence-corrected chi connectivity index (χ2v) is 6.52. The highest BCUT2D eigenvalue weighted by Gasteiger charge is 2.23. The van der Waals surface area contributed by atoms with Gasteiger partial charge in [0.15, 0.2) is 5.82 Å². The van der Waals surface area contributed by atoms with Crippen molar-refractivity contribution >= 4 is 10.8 Å². The number of ether oxygens (including phenoxy) is 2. The topological polar surface area (TPSA) is 60.6 Å². The molecule has 0 amide bonds. The Labute approximate surface area is 152 Å². The first-order valence-electron chi connectivity index (χ1n) is 8.98. The molecule has 26 heavy (non-hydrogen) atoms. The molecule has 2 heterocycles. The molecule has 1 aromatic heterocycles. The lowest BCUT2D eigenvalue weighted by molar-refractivity contribution is -0.0337. The van der Waals surface area contributed by atoms with Crippen LogP contribution < -0.4 is 4.74 Å². The Morgan fingerprint density at radius 3 is 2.85 bits per heavy atom. The van der Waals surface area contributed by atoms with Gasteiger partial charge in [0.25, 0.3) is 0 Å². The Morgan fingerprint density at radius 1 is 1.19 bits per heavy atom. The van der Waals surface area contributed by atoms with Crippen molar-refractivity contribution in [2.24, 2.45) is 0 Å². The van der Waals surface area contributed by atoms with Crippen LogP contribution in [0.15, 0.2) is 40.9 Å². The molecule has 4 rings (SSSR count). The third-order valence-corrected chi connectivity index (χ3v) is 4.77. The minimum Gasteiger partial charge on any atom is -0.497 e. The van der Waals surface area contributed by atoms with Crippen molar-refractivity contribution in [1.82, 2.24) is 15.0 Å². The van der Waals surface area contributed by atoms with Gasteiger partial charge in [-0.15, -0.1) is 0 Å². The molecular formula is C20H23N3O3. The number of methoxy groups -OCH3 is 1. The maximum Gasteiger partial charge on any atom is 0.226 e. The van der Waals surface area contributed by atoms with E-state index >= 15 is 0 Å². The van der Waals surface area contributed by atoms with Crippen LogP contribution in [-0.2, 0) is 17.7 Å². The van der Waals surface area contributed by atoms with Crippen LogP contribution in [0.3, 0.4) is 0 Å².